The van der Waals surface area contributed by atoms with E-state index < -0.39 is 21.3 Å². The average Bonchev–Trinajstić information content (AvgIpc) is 3.30. The molecule has 7 nitrogen and oxygen atoms in total. The van der Waals surface area contributed by atoms with Crippen molar-refractivity contribution in [3.63, 3.8) is 0 Å². The summed E-state index contributed by atoms with van der Waals surface area (Å²) in [6, 6.07) is 19.4. The first-order chi connectivity index (χ1) is 15.0. The number of pyridine rings is 1. The molecule has 9 heteroatoms. The summed E-state index contributed by atoms with van der Waals surface area (Å²) in [7, 11) is -3.84. The smallest absolute Gasteiger partial charge is 0.249 e. The highest BCUT2D eigenvalue weighted by Gasteiger charge is 2.40. The Morgan fingerprint density at radius 1 is 1.06 bits per heavy atom. The first-order valence-electron chi connectivity index (χ1n) is 9.66. The van der Waals surface area contributed by atoms with Crippen LogP contribution in [-0.4, -0.2) is 46.4 Å². The fraction of sp³-hybridized carbons (Fsp3) is 0.182. The molecule has 1 aliphatic rings. The summed E-state index contributed by atoms with van der Waals surface area (Å²) < 4.78 is 27.6. The van der Waals surface area contributed by atoms with Crippen molar-refractivity contribution in [1.29, 1.82) is 0 Å². The number of nitrogens with one attached hydrogen (secondary N) is 1. The number of nitrogens with zero attached hydrogens (tertiary/aromatic N) is 2. The van der Waals surface area contributed by atoms with E-state index in [1.807, 2.05) is 30.3 Å². The van der Waals surface area contributed by atoms with Crippen molar-refractivity contribution < 1.29 is 18.3 Å². The molecule has 2 heterocycles. The number of amides is 1. The van der Waals surface area contributed by atoms with Crippen molar-refractivity contribution in [1.82, 2.24) is 14.6 Å². The number of benzene rings is 2. The van der Waals surface area contributed by atoms with Gasteiger partial charge in [-0.25, -0.2) is 8.42 Å². The highest BCUT2D eigenvalue weighted by Crippen LogP contribution is 2.31. The molecular weight excluding hydrogens is 434 g/mol. The number of carbonyl (C=O) groups excluding carboxylic acids is 1. The lowest BCUT2D eigenvalue weighted by molar-refractivity contribution is -0.122. The normalized spacial score (nSPS) is 16.8. The summed E-state index contributed by atoms with van der Waals surface area (Å²) in [6.45, 7) is 0.266. The number of aromatic nitrogens is 1. The molecule has 0 radical (unpaired) electrons. The minimum Gasteiger partial charge on any atom is -0.506 e. The summed E-state index contributed by atoms with van der Waals surface area (Å²) in [6.07, 6.45) is 1.52. The molecule has 3 aromatic rings. The van der Waals surface area contributed by atoms with E-state index in [2.05, 4.69) is 10.3 Å². The van der Waals surface area contributed by atoms with Gasteiger partial charge in [0.25, 0.3) is 0 Å². The number of hydrogen-bond donors (Lipinski definition) is 2. The lowest BCUT2D eigenvalue weighted by Crippen LogP contribution is -2.44. The van der Waals surface area contributed by atoms with E-state index >= 15 is 0 Å². The molecule has 1 amide bonds. The van der Waals surface area contributed by atoms with Crippen molar-refractivity contribution in [2.24, 2.45) is 0 Å². The Balaban J connectivity index is 1.49. The highest BCUT2D eigenvalue weighted by molar-refractivity contribution is 8.02. The Kier molecular flexibility index (Phi) is 6.26. The van der Waals surface area contributed by atoms with Gasteiger partial charge in [0, 0.05) is 18.5 Å². The fourth-order valence-electron chi connectivity index (χ4n) is 3.32. The molecule has 160 valence electrons. The number of sulfonamides is 1. The highest BCUT2D eigenvalue weighted by atomic mass is 32.2. The summed E-state index contributed by atoms with van der Waals surface area (Å²) in [5.74, 6) is 0.0655. The van der Waals surface area contributed by atoms with Gasteiger partial charge in [0.15, 0.2) is 0 Å². The number of carbonyl (C=O) groups is 1. The Hall–Kier alpha value is -2.88. The molecule has 1 unspecified atom stereocenters. The largest absolute Gasteiger partial charge is 0.506 e. The van der Waals surface area contributed by atoms with Gasteiger partial charge in [0.1, 0.15) is 16.8 Å². The van der Waals surface area contributed by atoms with E-state index in [0.29, 0.717) is 11.4 Å². The second kappa shape index (κ2) is 9.09. The molecule has 2 aromatic carbocycles. The molecule has 0 bridgehead atoms. The zero-order chi connectivity index (χ0) is 21.8. The maximum Gasteiger partial charge on any atom is 0.249 e. The van der Waals surface area contributed by atoms with E-state index in [1.54, 1.807) is 30.3 Å². The van der Waals surface area contributed by atoms with Crippen molar-refractivity contribution in [3.05, 3.63) is 78.6 Å². The molecule has 1 atom stereocenters. The van der Waals surface area contributed by atoms with Crippen LogP contribution in [0.2, 0.25) is 0 Å². The molecule has 1 aliphatic heterocycles. The van der Waals surface area contributed by atoms with Crippen LogP contribution in [0.4, 0.5) is 0 Å². The van der Waals surface area contributed by atoms with E-state index in [1.165, 1.54) is 28.3 Å². The van der Waals surface area contributed by atoms with Gasteiger partial charge in [-0.05, 0) is 35.4 Å². The van der Waals surface area contributed by atoms with Crippen LogP contribution in [0, 0.1) is 0 Å². The minimum atomic E-state index is -3.84. The maximum absolute atomic E-state index is 13.2. The van der Waals surface area contributed by atoms with E-state index in [9.17, 15) is 18.3 Å². The zero-order valence-corrected chi connectivity index (χ0v) is 18.1. The third kappa shape index (κ3) is 4.58. The van der Waals surface area contributed by atoms with Gasteiger partial charge in [-0.3, -0.25) is 9.78 Å². The van der Waals surface area contributed by atoms with Crippen molar-refractivity contribution in [2.45, 2.75) is 16.8 Å². The molecule has 2 N–H and O–H groups in total. The van der Waals surface area contributed by atoms with Crippen LogP contribution in [0.3, 0.4) is 0 Å². The van der Waals surface area contributed by atoms with Gasteiger partial charge in [0.05, 0.1) is 11.4 Å². The second-order valence-electron chi connectivity index (χ2n) is 6.92. The molecule has 1 fully saturated rings. The monoisotopic (exact) mass is 455 g/mol. The van der Waals surface area contributed by atoms with Gasteiger partial charge in [-0.15, -0.1) is 11.8 Å². The van der Waals surface area contributed by atoms with Crippen LogP contribution in [0.1, 0.15) is 5.69 Å². The Labute approximate surface area is 185 Å². The maximum atomic E-state index is 13.2. The first kappa shape index (κ1) is 21.4. The Morgan fingerprint density at radius 2 is 1.77 bits per heavy atom. The van der Waals surface area contributed by atoms with Gasteiger partial charge in [-0.1, -0.05) is 42.5 Å². The Bertz CT molecular complexity index is 1170. The van der Waals surface area contributed by atoms with Gasteiger partial charge in [0.2, 0.25) is 15.9 Å². The van der Waals surface area contributed by atoms with Crippen LogP contribution in [0.25, 0.3) is 11.1 Å². The van der Waals surface area contributed by atoms with Crippen LogP contribution in [0.5, 0.6) is 5.75 Å². The third-order valence-electron chi connectivity index (χ3n) is 4.94. The van der Waals surface area contributed by atoms with Crippen LogP contribution >= 0.6 is 11.8 Å². The lowest BCUT2D eigenvalue weighted by atomic mass is 10.1. The quantitative estimate of drug-likeness (QED) is 0.593. The van der Waals surface area contributed by atoms with Crippen LogP contribution < -0.4 is 5.32 Å². The molecule has 0 saturated carbocycles. The average molecular weight is 456 g/mol. The summed E-state index contributed by atoms with van der Waals surface area (Å²) in [5, 5.41) is 11.6. The van der Waals surface area contributed by atoms with Gasteiger partial charge in [-0.2, -0.15) is 4.31 Å². The van der Waals surface area contributed by atoms with Crippen molar-refractivity contribution >= 4 is 27.7 Å². The minimum absolute atomic E-state index is 0.0161. The molecule has 4 rings (SSSR count). The first-order valence-corrected chi connectivity index (χ1v) is 12.2. The van der Waals surface area contributed by atoms with Gasteiger partial charge < -0.3 is 10.4 Å². The summed E-state index contributed by atoms with van der Waals surface area (Å²) in [4.78, 5) is 16.9. The summed E-state index contributed by atoms with van der Waals surface area (Å²) >= 11 is 1.27. The fourth-order valence-corrected chi connectivity index (χ4v) is 6.42. The molecule has 0 spiro atoms. The van der Waals surface area contributed by atoms with E-state index in [0.717, 1.165) is 11.1 Å². The van der Waals surface area contributed by atoms with E-state index in [-0.39, 0.29) is 23.7 Å². The lowest BCUT2D eigenvalue weighted by Gasteiger charge is -2.22. The number of thioether (sulfide) groups is 1. The standard InChI is InChI=1S/C22H21N3O4S2/c26-20-7-4-12-23-19(20)15-24-21(27)22-25(13-14-30-22)31(28,29)18-10-8-17(9-11-18)16-5-2-1-3-6-16/h1-12,22,26H,13-15H2,(H,24,27). The van der Waals surface area contributed by atoms with E-state index in [4.69, 9.17) is 0 Å². The number of hydrogen-bond acceptors (Lipinski definition) is 6. The topological polar surface area (TPSA) is 99.6 Å². The van der Waals surface area contributed by atoms with Crippen molar-refractivity contribution in [2.75, 3.05) is 12.3 Å². The zero-order valence-electron chi connectivity index (χ0n) is 16.5. The second-order valence-corrected chi connectivity index (χ2v) is 9.99. The molecule has 0 aliphatic carbocycles. The third-order valence-corrected chi connectivity index (χ3v) is 8.15. The summed E-state index contributed by atoms with van der Waals surface area (Å²) in [5.41, 5.74) is 2.24. The van der Waals surface area contributed by atoms with Crippen LogP contribution in [-0.2, 0) is 21.4 Å². The molecular formula is C22H21N3O4S2. The predicted molar refractivity (Wildman–Crippen MR) is 120 cm³/mol. The van der Waals surface area contributed by atoms with Crippen molar-refractivity contribution in [3.8, 4) is 16.9 Å². The molecule has 31 heavy (non-hydrogen) atoms. The number of rotatable bonds is 6. The van der Waals surface area contributed by atoms with Gasteiger partial charge >= 0.3 is 0 Å². The SMILES string of the molecule is O=C(NCc1ncccc1O)C1SCCN1S(=O)(=O)c1ccc(-c2ccccc2)cc1. The molecule has 1 saturated heterocycles. The molecule has 1 aromatic heterocycles. The Morgan fingerprint density at radius 3 is 2.48 bits per heavy atom. The van der Waals surface area contributed by atoms with Crippen LogP contribution in [0.15, 0.2) is 77.8 Å². The number of aromatic hydroxyl groups is 1. The predicted octanol–water partition coefficient (Wildman–Crippen LogP) is 2.83.